The molecule has 3 heteroatoms. The van der Waals surface area contributed by atoms with Crippen LogP contribution in [-0.2, 0) is 11.2 Å². The van der Waals surface area contributed by atoms with Crippen LogP contribution in [0.4, 0.5) is 0 Å². The molecule has 0 spiro atoms. The predicted octanol–water partition coefficient (Wildman–Crippen LogP) is 2.66. The van der Waals surface area contributed by atoms with E-state index >= 15 is 0 Å². The Morgan fingerprint density at radius 3 is 2.67 bits per heavy atom. The van der Waals surface area contributed by atoms with Crippen molar-refractivity contribution < 1.29 is 4.74 Å². The highest BCUT2D eigenvalue weighted by Gasteiger charge is 2.13. The first kappa shape index (κ1) is 15.1. The van der Waals surface area contributed by atoms with Crippen molar-refractivity contribution >= 4 is 0 Å². The van der Waals surface area contributed by atoms with Crippen LogP contribution >= 0.6 is 0 Å². The first-order chi connectivity index (χ1) is 8.76. The van der Waals surface area contributed by atoms with E-state index in [0.29, 0.717) is 12.0 Å². The minimum absolute atomic E-state index is 0.525. The van der Waals surface area contributed by atoms with Gasteiger partial charge in [0, 0.05) is 32.2 Å². The smallest absolute Gasteiger partial charge is 0.0488 e. The van der Waals surface area contributed by atoms with Crippen LogP contribution in [0.5, 0.6) is 0 Å². The van der Waals surface area contributed by atoms with E-state index in [1.807, 2.05) is 12.4 Å². The Hall–Kier alpha value is -0.930. The standard InChI is InChI=1S/C15H26N2O/c1-4-7-17-15(10-13(2)12-18-3)11-14-5-8-16-9-6-14/h5-6,8-9,13,15,17H,4,7,10-12H2,1-3H3. The highest BCUT2D eigenvalue weighted by atomic mass is 16.5. The lowest BCUT2D eigenvalue weighted by molar-refractivity contribution is 0.149. The number of methoxy groups -OCH3 is 1. The molecule has 0 fully saturated rings. The van der Waals surface area contributed by atoms with Gasteiger partial charge in [-0.1, -0.05) is 13.8 Å². The van der Waals surface area contributed by atoms with Crippen molar-refractivity contribution in [2.24, 2.45) is 5.92 Å². The van der Waals surface area contributed by atoms with Crippen LogP contribution in [0, 0.1) is 5.92 Å². The average molecular weight is 250 g/mol. The van der Waals surface area contributed by atoms with Crippen LogP contribution in [-0.4, -0.2) is 31.3 Å². The Kier molecular flexibility index (Phi) is 7.62. The molecule has 0 saturated heterocycles. The molecule has 0 saturated carbocycles. The van der Waals surface area contributed by atoms with E-state index in [0.717, 1.165) is 26.0 Å². The average Bonchev–Trinajstić information content (AvgIpc) is 2.37. The first-order valence-corrected chi connectivity index (χ1v) is 6.87. The summed E-state index contributed by atoms with van der Waals surface area (Å²) in [4.78, 5) is 4.06. The van der Waals surface area contributed by atoms with E-state index < -0.39 is 0 Å². The number of ether oxygens (including phenoxy) is 1. The summed E-state index contributed by atoms with van der Waals surface area (Å²) in [6.07, 6.45) is 7.12. The largest absolute Gasteiger partial charge is 0.384 e. The fourth-order valence-corrected chi connectivity index (χ4v) is 2.23. The molecule has 1 aromatic rings. The molecule has 0 amide bonds. The molecule has 1 aromatic heterocycles. The number of aromatic nitrogens is 1. The van der Waals surface area contributed by atoms with E-state index in [2.05, 4.69) is 36.3 Å². The number of rotatable bonds is 9. The molecule has 3 nitrogen and oxygen atoms in total. The van der Waals surface area contributed by atoms with Gasteiger partial charge in [-0.2, -0.15) is 0 Å². The predicted molar refractivity (Wildman–Crippen MR) is 75.7 cm³/mol. The SMILES string of the molecule is CCCNC(Cc1ccncc1)CC(C)COC. The zero-order valence-corrected chi connectivity index (χ0v) is 11.9. The van der Waals surface area contributed by atoms with Gasteiger partial charge < -0.3 is 10.1 Å². The molecule has 2 atom stereocenters. The minimum atomic E-state index is 0.525. The number of hydrogen-bond acceptors (Lipinski definition) is 3. The highest BCUT2D eigenvalue weighted by molar-refractivity contribution is 5.11. The maximum Gasteiger partial charge on any atom is 0.0488 e. The minimum Gasteiger partial charge on any atom is -0.384 e. The second-order valence-electron chi connectivity index (χ2n) is 5.01. The van der Waals surface area contributed by atoms with Gasteiger partial charge >= 0.3 is 0 Å². The monoisotopic (exact) mass is 250 g/mol. The highest BCUT2D eigenvalue weighted by Crippen LogP contribution is 2.11. The zero-order valence-electron chi connectivity index (χ0n) is 11.9. The Morgan fingerprint density at radius 2 is 2.06 bits per heavy atom. The topological polar surface area (TPSA) is 34.2 Å². The lowest BCUT2D eigenvalue weighted by atomic mass is 9.97. The molecule has 18 heavy (non-hydrogen) atoms. The number of hydrogen-bond donors (Lipinski definition) is 1. The summed E-state index contributed by atoms with van der Waals surface area (Å²) in [7, 11) is 1.77. The van der Waals surface area contributed by atoms with Gasteiger partial charge in [-0.15, -0.1) is 0 Å². The molecule has 102 valence electrons. The van der Waals surface area contributed by atoms with Crippen LogP contribution < -0.4 is 5.32 Å². The van der Waals surface area contributed by atoms with Crippen molar-refractivity contribution in [3.8, 4) is 0 Å². The summed E-state index contributed by atoms with van der Waals surface area (Å²) in [6, 6.07) is 4.72. The second kappa shape index (κ2) is 9.06. The third-order valence-corrected chi connectivity index (χ3v) is 3.05. The third kappa shape index (κ3) is 6.12. The third-order valence-electron chi connectivity index (χ3n) is 3.05. The first-order valence-electron chi connectivity index (χ1n) is 6.87. The van der Waals surface area contributed by atoms with Crippen molar-refractivity contribution in [3.63, 3.8) is 0 Å². The Bertz CT molecular complexity index is 303. The van der Waals surface area contributed by atoms with E-state index in [9.17, 15) is 0 Å². The molecule has 0 aliphatic heterocycles. The van der Waals surface area contributed by atoms with Crippen molar-refractivity contribution in [2.75, 3.05) is 20.3 Å². The number of nitrogens with zero attached hydrogens (tertiary/aromatic N) is 1. The molecule has 1 N–H and O–H groups in total. The van der Waals surface area contributed by atoms with Crippen molar-refractivity contribution in [2.45, 2.75) is 39.2 Å². The van der Waals surface area contributed by atoms with Gasteiger partial charge in [-0.25, -0.2) is 0 Å². The fraction of sp³-hybridized carbons (Fsp3) is 0.667. The molecule has 0 aliphatic carbocycles. The van der Waals surface area contributed by atoms with E-state index in [-0.39, 0.29) is 0 Å². The quantitative estimate of drug-likeness (QED) is 0.731. The van der Waals surface area contributed by atoms with Gasteiger partial charge in [0.05, 0.1) is 0 Å². The molecule has 0 bridgehead atoms. The van der Waals surface area contributed by atoms with Crippen LogP contribution in [0.2, 0.25) is 0 Å². The lowest BCUT2D eigenvalue weighted by Gasteiger charge is -2.22. The van der Waals surface area contributed by atoms with Gasteiger partial charge in [0.15, 0.2) is 0 Å². The summed E-state index contributed by atoms with van der Waals surface area (Å²) in [6.45, 7) is 6.36. The maximum atomic E-state index is 5.22. The second-order valence-corrected chi connectivity index (χ2v) is 5.01. The van der Waals surface area contributed by atoms with Crippen LogP contribution in [0.15, 0.2) is 24.5 Å². The van der Waals surface area contributed by atoms with Crippen LogP contribution in [0.1, 0.15) is 32.3 Å². The van der Waals surface area contributed by atoms with Crippen molar-refractivity contribution in [1.29, 1.82) is 0 Å². The summed E-state index contributed by atoms with van der Waals surface area (Å²) in [5.74, 6) is 0.589. The van der Waals surface area contributed by atoms with E-state index in [1.165, 1.54) is 12.0 Å². The summed E-state index contributed by atoms with van der Waals surface area (Å²) < 4.78 is 5.22. The van der Waals surface area contributed by atoms with Gasteiger partial charge in [0.25, 0.3) is 0 Å². The molecular formula is C15H26N2O. The van der Waals surface area contributed by atoms with Gasteiger partial charge in [-0.3, -0.25) is 4.98 Å². The maximum absolute atomic E-state index is 5.22. The molecule has 0 aliphatic rings. The van der Waals surface area contributed by atoms with E-state index in [1.54, 1.807) is 7.11 Å². The molecule has 0 aromatic carbocycles. The fourth-order valence-electron chi connectivity index (χ4n) is 2.23. The van der Waals surface area contributed by atoms with Crippen LogP contribution in [0.25, 0.3) is 0 Å². The summed E-state index contributed by atoms with van der Waals surface area (Å²) in [5, 5.41) is 3.63. The molecule has 0 radical (unpaired) electrons. The molecule has 1 rings (SSSR count). The van der Waals surface area contributed by atoms with Crippen LogP contribution in [0.3, 0.4) is 0 Å². The summed E-state index contributed by atoms with van der Waals surface area (Å²) >= 11 is 0. The lowest BCUT2D eigenvalue weighted by Crippen LogP contribution is -2.34. The Balaban J connectivity index is 2.49. The van der Waals surface area contributed by atoms with Crippen molar-refractivity contribution in [1.82, 2.24) is 10.3 Å². The normalized spacial score (nSPS) is 14.4. The van der Waals surface area contributed by atoms with Gasteiger partial charge in [0.2, 0.25) is 0 Å². The summed E-state index contributed by atoms with van der Waals surface area (Å²) in [5.41, 5.74) is 1.35. The molecule has 2 unspecified atom stereocenters. The number of pyridine rings is 1. The molecule has 1 heterocycles. The van der Waals surface area contributed by atoms with E-state index in [4.69, 9.17) is 4.74 Å². The zero-order chi connectivity index (χ0) is 13.2. The Labute approximate surface area is 111 Å². The Morgan fingerprint density at radius 1 is 1.33 bits per heavy atom. The van der Waals surface area contributed by atoms with Gasteiger partial charge in [0.1, 0.15) is 0 Å². The number of nitrogens with one attached hydrogen (secondary N) is 1. The van der Waals surface area contributed by atoms with Gasteiger partial charge in [-0.05, 0) is 49.4 Å². The van der Waals surface area contributed by atoms with Crippen molar-refractivity contribution in [3.05, 3.63) is 30.1 Å². The molecular weight excluding hydrogens is 224 g/mol.